The van der Waals surface area contributed by atoms with E-state index in [0.717, 1.165) is 11.3 Å². The van der Waals surface area contributed by atoms with Crippen LogP contribution in [0.2, 0.25) is 0 Å². The third kappa shape index (κ3) is 2.78. The highest BCUT2D eigenvalue weighted by atomic mass is 32.2. The minimum absolute atomic E-state index is 0.227. The zero-order valence-corrected chi connectivity index (χ0v) is 12.1. The predicted molar refractivity (Wildman–Crippen MR) is 87.6 cm³/mol. The van der Waals surface area contributed by atoms with Crippen molar-refractivity contribution in [1.82, 2.24) is 0 Å². The molecule has 0 saturated heterocycles. The lowest BCUT2D eigenvalue weighted by Crippen LogP contribution is -2.12. The Balaban J connectivity index is 1.97. The number of amidine groups is 1. The summed E-state index contributed by atoms with van der Waals surface area (Å²) in [4.78, 5) is 4.48. The molecule has 3 heteroatoms. The Morgan fingerprint density at radius 1 is 1.00 bits per heavy atom. The minimum Gasteiger partial charge on any atom is -0.378 e. The van der Waals surface area contributed by atoms with E-state index in [1.54, 1.807) is 11.8 Å². The van der Waals surface area contributed by atoms with Gasteiger partial charge >= 0.3 is 0 Å². The zero-order chi connectivity index (χ0) is 13.9. The van der Waals surface area contributed by atoms with Crippen LogP contribution in [-0.4, -0.2) is 5.17 Å². The van der Waals surface area contributed by atoms with Crippen LogP contribution in [-0.2, 0) is 0 Å². The fraction of sp³-hybridized carbons (Fsp3) is 0.118. The van der Waals surface area contributed by atoms with E-state index in [1.807, 2.05) is 6.07 Å². The fourth-order valence-electron chi connectivity index (χ4n) is 2.18. The molecular formula is C17H16N2S. The van der Waals surface area contributed by atoms with Crippen molar-refractivity contribution in [2.24, 2.45) is 10.7 Å². The lowest BCUT2D eigenvalue weighted by molar-refractivity contribution is 1.22. The molecule has 1 heterocycles. The number of hydrogen-bond acceptors (Lipinski definition) is 3. The number of nitrogens with two attached hydrogens (primary N) is 1. The van der Waals surface area contributed by atoms with Gasteiger partial charge < -0.3 is 5.73 Å². The van der Waals surface area contributed by atoms with Crippen molar-refractivity contribution in [3.63, 3.8) is 0 Å². The molecule has 0 fully saturated rings. The summed E-state index contributed by atoms with van der Waals surface area (Å²) in [7, 11) is 0. The van der Waals surface area contributed by atoms with E-state index in [0.29, 0.717) is 5.17 Å². The van der Waals surface area contributed by atoms with E-state index in [-0.39, 0.29) is 5.25 Å². The van der Waals surface area contributed by atoms with Gasteiger partial charge in [0.1, 0.15) is 0 Å². The molecule has 0 amide bonds. The number of nitrogens with zero attached hydrogens (tertiary/aromatic N) is 1. The second-order valence-corrected chi connectivity index (χ2v) is 5.98. The van der Waals surface area contributed by atoms with Crippen LogP contribution in [0.1, 0.15) is 21.9 Å². The summed E-state index contributed by atoms with van der Waals surface area (Å²) in [5.74, 6) is 0. The fourth-order valence-corrected chi connectivity index (χ4v) is 3.08. The molecule has 2 N–H and O–H groups in total. The molecule has 2 nitrogen and oxygen atoms in total. The first-order valence-electron chi connectivity index (χ1n) is 6.57. The molecule has 0 spiro atoms. The lowest BCUT2D eigenvalue weighted by Gasteiger charge is -2.19. The quantitative estimate of drug-likeness (QED) is 0.898. The molecule has 0 aliphatic carbocycles. The summed E-state index contributed by atoms with van der Waals surface area (Å²) >= 11 is 1.59. The number of benzene rings is 2. The third-order valence-electron chi connectivity index (χ3n) is 3.26. The summed E-state index contributed by atoms with van der Waals surface area (Å²) < 4.78 is 0. The summed E-state index contributed by atoms with van der Waals surface area (Å²) in [6.07, 6.45) is 2.18. The van der Waals surface area contributed by atoms with Crippen molar-refractivity contribution >= 4 is 22.6 Å². The molecule has 0 unspecified atom stereocenters. The molecular weight excluding hydrogens is 264 g/mol. The highest BCUT2D eigenvalue weighted by molar-refractivity contribution is 8.14. The maximum absolute atomic E-state index is 5.99. The van der Waals surface area contributed by atoms with Gasteiger partial charge in [0.15, 0.2) is 5.17 Å². The number of hydrogen-bond donors (Lipinski definition) is 1. The van der Waals surface area contributed by atoms with Crippen molar-refractivity contribution in [1.29, 1.82) is 0 Å². The molecule has 2 aromatic rings. The van der Waals surface area contributed by atoms with Crippen molar-refractivity contribution in [2.45, 2.75) is 12.2 Å². The van der Waals surface area contributed by atoms with Crippen LogP contribution >= 0.6 is 11.8 Å². The standard InChI is InChI=1S/C17H16N2S/c1-12-7-9-13(10-8-12)15-11-16(20-17(18)19-15)14-5-3-2-4-6-14/h2-11,16H,1H3,(H2,18,19)/t16-/m0/s1. The summed E-state index contributed by atoms with van der Waals surface area (Å²) in [6, 6.07) is 18.8. The summed E-state index contributed by atoms with van der Waals surface area (Å²) in [5.41, 5.74) is 10.6. The van der Waals surface area contributed by atoms with E-state index in [2.05, 4.69) is 66.5 Å². The normalized spacial score (nSPS) is 18.4. The Kier molecular flexibility index (Phi) is 3.61. The van der Waals surface area contributed by atoms with Gasteiger partial charge in [-0.25, -0.2) is 4.99 Å². The topological polar surface area (TPSA) is 38.4 Å². The van der Waals surface area contributed by atoms with Gasteiger partial charge in [0.05, 0.1) is 10.9 Å². The molecule has 0 radical (unpaired) electrons. The molecule has 1 aliphatic rings. The predicted octanol–water partition coefficient (Wildman–Crippen LogP) is 4.14. The van der Waals surface area contributed by atoms with Gasteiger partial charge in [-0.05, 0) is 24.1 Å². The van der Waals surface area contributed by atoms with Crippen LogP contribution in [0.3, 0.4) is 0 Å². The number of rotatable bonds is 2. The first-order valence-corrected chi connectivity index (χ1v) is 7.45. The van der Waals surface area contributed by atoms with Gasteiger partial charge in [0.25, 0.3) is 0 Å². The van der Waals surface area contributed by atoms with Gasteiger partial charge in [-0.15, -0.1) is 0 Å². The van der Waals surface area contributed by atoms with Crippen molar-refractivity contribution < 1.29 is 0 Å². The van der Waals surface area contributed by atoms with E-state index < -0.39 is 0 Å². The van der Waals surface area contributed by atoms with E-state index in [4.69, 9.17) is 5.73 Å². The van der Waals surface area contributed by atoms with Crippen LogP contribution in [0.15, 0.2) is 65.7 Å². The second-order valence-electron chi connectivity index (χ2n) is 4.82. The molecule has 0 saturated carbocycles. The Bertz CT molecular complexity index is 657. The average molecular weight is 280 g/mol. The monoisotopic (exact) mass is 280 g/mol. The Labute approximate surface area is 123 Å². The molecule has 100 valence electrons. The van der Waals surface area contributed by atoms with Crippen LogP contribution in [0, 0.1) is 6.92 Å². The Hall–Kier alpha value is -2.00. The Morgan fingerprint density at radius 2 is 1.70 bits per heavy atom. The summed E-state index contributed by atoms with van der Waals surface area (Å²) in [5, 5.41) is 0.849. The van der Waals surface area contributed by atoms with E-state index in [1.165, 1.54) is 11.1 Å². The smallest absolute Gasteiger partial charge is 0.160 e. The molecule has 20 heavy (non-hydrogen) atoms. The minimum atomic E-state index is 0.227. The van der Waals surface area contributed by atoms with Crippen LogP contribution in [0.4, 0.5) is 0 Å². The first kappa shape index (κ1) is 13.0. The van der Waals surface area contributed by atoms with Gasteiger partial charge in [-0.1, -0.05) is 71.9 Å². The number of thioether (sulfide) groups is 1. The lowest BCUT2D eigenvalue weighted by atomic mass is 10.1. The maximum Gasteiger partial charge on any atom is 0.160 e. The highest BCUT2D eigenvalue weighted by Gasteiger charge is 2.18. The van der Waals surface area contributed by atoms with Crippen molar-refractivity contribution in [3.8, 4) is 0 Å². The molecule has 3 rings (SSSR count). The largest absolute Gasteiger partial charge is 0.378 e. The van der Waals surface area contributed by atoms with Crippen LogP contribution in [0.25, 0.3) is 5.70 Å². The molecule has 1 atom stereocenters. The van der Waals surface area contributed by atoms with Crippen molar-refractivity contribution in [2.75, 3.05) is 0 Å². The van der Waals surface area contributed by atoms with E-state index in [9.17, 15) is 0 Å². The van der Waals surface area contributed by atoms with Crippen molar-refractivity contribution in [3.05, 3.63) is 77.4 Å². The van der Waals surface area contributed by atoms with E-state index >= 15 is 0 Å². The van der Waals surface area contributed by atoms with Crippen LogP contribution in [0.5, 0.6) is 0 Å². The molecule has 0 bridgehead atoms. The van der Waals surface area contributed by atoms with Gasteiger partial charge in [-0.3, -0.25) is 0 Å². The molecule has 2 aromatic carbocycles. The van der Waals surface area contributed by atoms with Gasteiger partial charge in [0, 0.05) is 0 Å². The van der Waals surface area contributed by atoms with Gasteiger partial charge in [-0.2, -0.15) is 0 Å². The average Bonchev–Trinajstić information content (AvgIpc) is 2.48. The number of aliphatic imine (C=N–C) groups is 1. The first-order chi connectivity index (χ1) is 9.72. The Morgan fingerprint density at radius 3 is 2.40 bits per heavy atom. The zero-order valence-electron chi connectivity index (χ0n) is 11.3. The number of aryl methyl sites for hydroxylation is 1. The maximum atomic E-state index is 5.99. The summed E-state index contributed by atoms with van der Waals surface area (Å²) in [6.45, 7) is 2.08. The molecule has 1 aliphatic heterocycles. The highest BCUT2D eigenvalue weighted by Crippen LogP contribution is 2.37. The van der Waals surface area contributed by atoms with Gasteiger partial charge in [0.2, 0.25) is 0 Å². The SMILES string of the molecule is Cc1ccc(C2=C[C@@H](c3ccccc3)SC(N)=N2)cc1. The molecule has 0 aromatic heterocycles. The van der Waals surface area contributed by atoms with Crippen LogP contribution < -0.4 is 5.73 Å². The third-order valence-corrected chi connectivity index (χ3v) is 4.26. The second kappa shape index (κ2) is 5.55.